The van der Waals surface area contributed by atoms with Gasteiger partial charge in [0.25, 0.3) is 5.56 Å². The number of aromatic nitrogens is 4. The largest absolute Gasteiger partial charge is 0.475 e. The number of aryl methyl sites for hydroxylation is 1. The van der Waals surface area contributed by atoms with Crippen LogP contribution >= 0.6 is 0 Å². The lowest BCUT2D eigenvalue weighted by molar-refractivity contribution is 0.232. The van der Waals surface area contributed by atoms with Gasteiger partial charge in [0.1, 0.15) is 0 Å². The molecule has 4 aromatic rings. The molecule has 0 aliphatic carbocycles. The zero-order valence-corrected chi connectivity index (χ0v) is 17.5. The maximum absolute atomic E-state index is 12.5. The summed E-state index contributed by atoms with van der Waals surface area (Å²) in [5, 5.41) is 16.8. The lowest BCUT2D eigenvalue weighted by Gasteiger charge is -2.13. The van der Waals surface area contributed by atoms with E-state index in [4.69, 9.17) is 4.74 Å². The summed E-state index contributed by atoms with van der Waals surface area (Å²) in [6.45, 7) is 3.88. The summed E-state index contributed by atoms with van der Waals surface area (Å²) >= 11 is 0. The maximum Gasteiger partial charge on any atom is 0.250 e. The van der Waals surface area contributed by atoms with Gasteiger partial charge in [-0.2, -0.15) is 10.4 Å². The van der Waals surface area contributed by atoms with Crippen LogP contribution in [0.4, 0.5) is 0 Å². The number of rotatable bonds is 5. The quantitative estimate of drug-likeness (QED) is 0.532. The number of aromatic amines is 1. The van der Waals surface area contributed by atoms with Gasteiger partial charge < -0.3 is 9.30 Å². The molecule has 31 heavy (non-hydrogen) atoms. The fourth-order valence-corrected chi connectivity index (χ4v) is 3.43. The fourth-order valence-electron chi connectivity index (χ4n) is 3.43. The number of nitrogens with zero attached hydrogens (tertiary/aromatic N) is 4. The fraction of sp³-hybridized carbons (Fsp3) is 0.167. The van der Waals surface area contributed by atoms with Crippen LogP contribution in [0.3, 0.4) is 0 Å². The Kier molecular flexibility index (Phi) is 5.37. The molecule has 0 bridgehead atoms. The third kappa shape index (κ3) is 3.96. The SMILES string of the molecule is CC(C)Oc1ccc(-c2cc(=O)n(C)cc2-c2cn[nH]c2-c2ccccc2C#N)cn1. The standard InChI is InChI=1S/C24H21N5O2/c1-15(2)31-22-9-8-17(12-26-22)19-10-23(30)29(3)14-21(19)20-13-27-28-24(20)18-7-5-4-6-16(18)11-25/h4-10,12-15H,1-3H3,(H,27,28). The number of H-pyrrole nitrogens is 1. The minimum atomic E-state index is -0.135. The lowest BCUT2D eigenvalue weighted by Crippen LogP contribution is -2.15. The third-order valence-corrected chi connectivity index (χ3v) is 4.88. The molecular weight excluding hydrogens is 390 g/mol. The van der Waals surface area contributed by atoms with Crippen LogP contribution in [0.25, 0.3) is 33.5 Å². The van der Waals surface area contributed by atoms with E-state index in [-0.39, 0.29) is 11.7 Å². The van der Waals surface area contributed by atoms with Crippen LogP contribution in [0.2, 0.25) is 0 Å². The Bertz CT molecular complexity index is 1330. The zero-order valence-electron chi connectivity index (χ0n) is 17.5. The van der Waals surface area contributed by atoms with E-state index in [2.05, 4.69) is 21.3 Å². The normalized spacial score (nSPS) is 10.8. The molecule has 1 N–H and O–H groups in total. The average Bonchev–Trinajstić information content (AvgIpc) is 3.25. The highest BCUT2D eigenvalue weighted by Gasteiger charge is 2.18. The Morgan fingerprint density at radius 1 is 1.06 bits per heavy atom. The van der Waals surface area contributed by atoms with Gasteiger partial charge in [-0.15, -0.1) is 0 Å². The van der Waals surface area contributed by atoms with E-state index in [9.17, 15) is 10.1 Å². The van der Waals surface area contributed by atoms with E-state index in [0.717, 1.165) is 27.8 Å². The summed E-state index contributed by atoms with van der Waals surface area (Å²) in [6.07, 6.45) is 5.20. The molecule has 0 unspecified atom stereocenters. The van der Waals surface area contributed by atoms with Crippen LogP contribution in [0.1, 0.15) is 19.4 Å². The zero-order chi connectivity index (χ0) is 22.0. The third-order valence-electron chi connectivity index (χ3n) is 4.88. The van der Waals surface area contributed by atoms with Crippen molar-refractivity contribution < 1.29 is 4.74 Å². The van der Waals surface area contributed by atoms with Crippen LogP contribution in [0, 0.1) is 11.3 Å². The molecule has 0 saturated carbocycles. The summed E-state index contributed by atoms with van der Waals surface area (Å²) < 4.78 is 7.15. The molecule has 0 aliphatic heterocycles. The average molecular weight is 411 g/mol. The van der Waals surface area contributed by atoms with Crippen molar-refractivity contribution >= 4 is 0 Å². The molecule has 1 aromatic carbocycles. The van der Waals surface area contributed by atoms with Crippen molar-refractivity contribution in [3.63, 3.8) is 0 Å². The number of nitriles is 1. The molecule has 3 aromatic heterocycles. The second kappa shape index (κ2) is 8.28. The molecule has 7 heteroatoms. The van der Waals surface area contributed by atoms with Crippen molar-refractivity contribution in [1.82, 2.24) is 19.7 Å². The van der Waals surface area contributed by atoms with E-state index in [1.807, 2.05) is 38.1 Å². The van der Waals surface area contributed by atoms with Gasteiger partial charge in [0.2, 0.25) is 5.88 Å². The topological polar surface area (TPSA) is 96.6 Å². The molecular formula is C24H21N5O2. The van der Waals surface area contributed by atoms with Gasteiger partial charge in [-0.3, -0.25) is 9.89 Å². The first kappa shape index (κ1) is 20.1. The van der Waals surface area contributed by atoms with E-state index >= 15 is 0 Å². The summed E-state index contributed by atoms with van der Waals surface area (Å²) in [5.41, 5.74) is 4.96. The van der Waals surface area contributed by atoms with Gasteiger partial charge in [-0.25, -0.2) is 4.98 Å². The van der Waals surface area contributed by atoms with E-state index in [1.165, 1.54) is 4.57 Å². The van der Waals surface area contributed by atoms with Gasteiger partial charge in [0.15, 0.2) is 0 Å². The van der Waals surface area contributed by atoms with Crippen LogP contribution in [-0.2, 0) is 7.05 Å². The molecule has 7 nitrogen and oxygen atoms in total. The first-order chi connectivity index (χ1) is 15.0. The summed E-state index contributed by atoms with van der Waals surface area (Å²) in [4.78, 5) is 16.8. The van der Waals surface area contributed by atoms with Crippen molar-refractivity contribution in [1.29, 1.82) is 5.26 Å². The number of benzene rings is 1. The van der Waals surface area contributed by atoms with Gasteiger partial charge >= 0.3 is 0 Å². The van der Waals surface area contributed by atoms with Gasteiger partial charge in [0, 0.05) is 53.8 Å². The van der Waals surface area contributed by atoms with Crippen molar-refractivity contribution in [2.75, 3.05) is 0 Å². The van der Waals surface area contributed by atoms with E-state index in [0.29, 0.717) is 17.1 Å². The number of ether oxygens (including phenoxy) is 1. The van der Waals surface area contributed by atoms with Gasteiger partial charge in [-0.05, 0) is 31.5 Å². The Balaban J connectivity index is 1.89. The van der Waals surface area contributed by atoms with E-state index in [1.54, 1.807) is 43.8 Å². The van der Waals surface area contributed by atoms with Crippen LogP contribution in [0.15, 0.2) is 65.8 Å². The molecule has 4 rings (SSSR count). The monoisotopic (exact) mass is 411 g/mol. The van der Waals surface area contributed by atoms with Crippen molar-refractivity contribution in [3.05, 3.63) is 77.0 Å². The first-order valence-electron chi connectivity index (χ1n) is 9.85. The van der Waals surface area contributed by atoms with Crippen molar-refractivity contribution in [2.45, 2.75) is 20.0 Å². The number of pyridine rings is 2. The summed E-state index contributed by atoms with van der Waals surface area (Å²) in [6, 6.07) is 14.8. The molecule has 0 radical (unpaired) electrons. The smallest absolute Gasteiger partial charge is 0.250 e. The van der Waals surface area contributed by atoms with Crippen LogP contribution < -0.4 is 10.3 Å². The van der Waals surface area contributed by atoms with Crippen molar-refractivity contribution in [3.8, 4) is 45.5 Å². The minimum absolute atomic E-state index is 0.0200. The molecule has 0 spiro atoms. The summed E-state index contributed by atoms with van der Waals surface area (Å²) in [5.74, 6) is 0.524. The van der Waals surface area contributed by atoms with Gasteiger partial charge in [-0.1, -0.05) is 18.2 Å². The lowest BCUT2D eigenvalue weighted by atomic mass is 9.94. The highest BCUT2D eigenvalue weighted by atomic mass is 16.5. The number of hydrogen-bond acceptors (Lipinski definition) is 5. The molecule has 0 atom stereocenters. The second-order valence-electron chi connectivity index (χ2n) is 7.42. The van der Waals surface area contributed by atoms with Crippen LogP contribution in [0.5, 0.6) is 5.88 Å². The Morgan fingerprint density at radius 3 is 2.58 bits per heavy atom. The molecule has 3 heterocycles. The number of nitrogens with one attached hydrogen (secondary N) is 1. The maximum atomic E-state index is 12.5. The molecule has 0 fully saturated rings. The molecule has 0 aliphatic rings. The highest BCUT2D eigenvalue weighted by molar-refractivity contribution is 5.90. The molecule has 154 valence electrons. The Morgan fingerprint density at radius 2 is 1.87 bits per heavy atom. The van der Waals surface area contributed by atoms with E-state index < -0.39 is 0 Å². The molecule has 0 saturated heterocycles. The summed E-state index contributed by atoms with van der Waals surface area (Å²) in [7, 11) is 1.70. The Labute approximate surface area is 179 Å². The Hall–Kier alpha value is -4.18. The highest BCUT2D eigenvalue weighted by Crippen LogP contribution is 2.37. The number of hydrogen-bond donors (Lipinski definition) is 1. The molecule has 0 amide bonds. The van der Waals surface area contributed by atoms with Crippen molar-refractivity contribution in [2.24, 2.45) is 7.05 Å². The van der Waals surface area contributed by atoms with Crippen LogP contribution in [-0.4, -0.2) is 25.9 Å². The predicted molar refractivity (Wildman–Crippen MR) is 118 cm³/mol. The van der Waals surface area contributed by atoms with Gasteiger partial charge in [0.05, 0.1) is 29.6 Å². The minimum Gasteiger partial charge on any atom is -0.475 e. The second-order valence-corrected chi connectivity index (χ2v) is 7.42. The predicted octanol–water partition coefficient (Wildman–Crippen LogP) is 4.16. The first-order valence-corrected chi connectivity index (χ1v) is 9.85.